The van der Waals surface area contributed by atoms with Gasteiger partial charge in [0.15, 0.2) is 5.65 Å². The summed E-state index contributed by atoms with van der Waals surface area (Å²) in [7, 11) is 0. The summed E-state index contributed by atoms with van der Waals surface area (Å²) in [6.07, 6.45) is 1.72. The molecule has 4 heterocycles. The van der Waals surface area contributed by atoms with Gasteiger partial charge in [-0.15, -0.1) is 11.3 Å². The second-order valence-electron chi connectivity index (χ2n) is 7.06. The number of fused-ring (bicyclic) bond motifs is 1. The number of nitrogens with one attached hydrogen (secondary N) is 1. The zero-order chi connectivity index (χ0) is 19.8. The average molecular weight is 395 g/mol. The van der Waals surface area contributed by atoms with Crippen molar-refractivity contribution in [1.29, 1.82) is 0 Å². The Hall–Kier alpha value is -2.93. The zero-order valence-electron chi connectivity index (χ0n) is 16.3. The van der Waals surface area contributed by atoms with E-state index in [1.807, 2.05) is 62.0 Å². The zero-order valence-corrected chi connectivity index (χ0v) is 17.1. The molecule has 0 unspecified atom stereocenters. The summed E-state index contributed by atoms with van der Waals surface area (Å²) in [5, 5.41) is 10.2. The van der Waals surface area contributed by atoms with Crippen molar-refractivity contribution in [3.8, 4) is 11.3 Å². The molecule has 28 heavy (non-hydrogen) atoms. The van der Waals surface area contributed by atoms with E-state index in [9.17, 15) is 4.79 Å². The van der Waals surface area contributed by atoms with Crippen LogP contribution in [0.4, 0.5) is 0 Å². The molecule has 0 aliphatic heterocycles. The molecule has 0 spiro atoms. The number of hydrogen-bond donors (Lipinski definition) is 1. The highest BCUT2D eigenvalue weighted by Gasteiger charge is 2.20. The molecule has 0 atom stereocenters. The molecule has 144 valence electrons. The normalized spacial score (nSPS) is 11.5. The lowest BCUT2D eigenvalue weighted by atomic mass is 10.1. The summed E-state index contributed by atoms with van der Waals surface area (Å²) < 4.78 is 7.52. The number of amides is 1. The van der Waals surface area contributed by atoms with E-state index >= 15 is 0 Å². The third kappa shape index (κ3) is 3.33. The number of carbonyl (C=O) groups is 1. The molecule has 0 aromatic carbocycles. The third-order valence-corrected chi connectivity index (χ3v) is 5.50. The SMILES string of the molecule is Cc1cc(-c2cc(C(=O)NCc3cccs3)c3cnn(C(C)C)c3n2)c(C)o1. The minimum Gasteiger partial charge on any atom is -0.466 e. The molecule has 4 aromatic heterocycles. The van der Waals surface area contributed by atoms with Crippen LogP contribution in [0, 0.1) is 13.8 Å². The van der Waals surface area contributed by atoms with Crippen LogP contribution in [0.1, 0.15) is 46.6 Å². The van der Waals surface area contributed by atoms with Crippen molar-refractivity contribution in [3.05, 3.63) is 57.8 Å². The fourth-order valence-electron chi connectivity index (χ4n) is 3.28. The van der Waals surface area contributed by atoms with Crippen molar-refractivity contribution < 1.29 is 9.21 Å². The maximum atomic E-state index is 13.0. The number of rotatable bonds is 5. The quantitative estimate of drug-likeness (QED) is 0.523. The molecule has 0 saturated heterocycles. The van der Waals surface area contributed by atoms with Gasteiger partial charge in [-0.25, -0.2) is 9.67 Å². The summed E-state index contributed by atoms with van der Waals surface area (Å²) in [5.74, 6) is 1.46. The Morgan fingerprint density at radius 3 is 2.79 bits per heavy atom. The number of carbonyl (C=O) groups excluding carboxylic acids is 1. The maximum Gasteiger partial charge on any atom is 0.252 e. The molecule has 7 heteroatoms. The smallest absolute Gasteiger partial charge is 0.252 e. The van der Waals surface area contributed by atoms with Crippen LogP contribution in [0.2, 0.25) is 0 Å². The summed E-state index contributed by atoms with van der Waals surface area (Å²) in [5.41, 5.74) is 2.88. The topological polar surface area (TPSA) is 73.0 Å². The van der Waals surface area contributed by atoms with Gasteiger partial charge in [0.1, 0.15) is 11.5 Å². The van der Waals surface area contributed by atoms with Crippen molar-refractivity contribution in [2.45, 2.75) is 40.3 Å². The number of furan rings is 1. The van der Waals surface area contributed by atoms with Crippen LogP contribution in [0.3, 0.4) is 0 Å². The Kier molecular flexibility index (Phi) is 4.77. The Morgan fingerprint density at radius 1 is 1.32 bits per heavy atom. The predicted molar refractivity (Wildman–Crippen MR) is 111 cm³/mol. The van der Waals surface area contributed by atoms with Gasteiger partial charge >= 0.3 is 0 Å². The second-order valence-corrected chi connectivity index (χ2v) is 8.10. The highest BCUT2D eigenvalue weighted by Crippen LogP contribution is 2.30. The third-order valence-electron chi connectivity index (χ3n) is 4.62. The van der Waals surface area contributed by atoms with E-state index in [0.717, 1.165) is 27.3 Å². The average Bonchev–Trinajstić information content (AvgIpc) is 3.38. The van der Waals surface area contributed by atoms with Crippen LogP contribution in [0.15, 0.2) is 40.3 Å². The van der Waals surface area contributed by atoms with E-state index in [0.29, 0.717) is 23.4 Å². The van der Waals surface area contributed by atoms with Gasteiger partial charge in [0.2, 0.25) is 0 Å². The highest BCUT2D eigenvalue weighted by atomic mass is 32.1. The van der Waals surface area contributed by atoms with Gasteiger partial charge in [0, 0.05) is 16.5 Å². The monoisotopic (exact) mass is 394 g/mol. The first kappa shape index (κ1) is 18.4. The van der Waals surface area contributed by atoms with E-state index < -0.39 is 0 Å². The van der Waals surface area contributed by atoms with Crippen LogP contribution in [0.5, 0.6) is 0 Å². The Balaban J connectivity index is 1.81. The molecule has 0 radical (unpaired) electrons. The Bertz CT molecular complexity index is 1140. The summed E-state index contributed by atoms with van der Waals surface area (Å²) in [4.78, 5) is 18.9. The molecule has 6 nitrogen and oxygen atoms in total. The summed E-state index contributed by atoms with van der Waals surface area (Å²) >= 11 is 1.62. The maximum absolute atomic E-state index is 13.0. The van der Waals surface area contributed by atoms with Gasteiger partial charge in [-0.2, -0.15) is 5.10 Å². The molecule has 1 amide bonds. The van der Waals surface area contributed by atoms with E-state index in [1.54, 1.807) is 17.5 Å². The second kappa shape index (κ2) is 7.24. The van der Waals surface area contributed by atoms with Crippen molar-refractivity contribution in [3.63, 3.8) is 0 Å². The molecule has 0 fully saturated rings. The van der Waals surface area contributed by atoms with E-state index in [4.69, 9.17) is 9.40 Å². The van der Waals surface area contributed by atoms with Gasteiger partial charge < -0.3 is 9.73 Å². The molecule has 0 aliphatic rings. The number of nitrogens with zero attached hydrogens (tertiary/aromatic N) is 3. The van der Waals surface area contributed by atoms with Gasteiger partial charge in [0.25, 0.3) is 5.91 Å². The lowest BCUT2D eigenvalue weighted by Crippen LogP contribution is -2.22. The fraction of sp³-hybridized carbons (Fsp3) is 0.286. The first-order chi connectivity index (χ1) is 13.4. The molecule has 1 N–H and O–H groups in total. The Morgan fingerprint density at radius 2 is 2.14 bits per heavy atom. The largest absolute Gasteiger partial charge is 0.466 e. The van der Waals surface area contributed by atoms with Crippen molar-refractivity contribution in [2.24, 2.45) is 0 Å². The van der Waals surface area contributed by atoms with Crippen molar-refractivity contribution in [2.75, 3.05) is 0 Å². The van der Waals surface area contributed by atoms with E-state index in [-0.39, 0.29) is 11.9 Å². The van der Waals surface area contributed by atoms with Gasteiger partial charge in [0.05, 0.1) is 29.4 Å². The molecule has 0 saturated carbocycles. The van der Waals surface area contributed by atoms with Crippen molar-refractivity contribution in [1.82, 2.24) is 20.1 Å². The van der Waals surface area contributed by atoms with E-state index in [1.165, 1.54) is 0 Å². The summed E-state index contributed by atoms with van der Waals surface area (Å²) in [6.45, 7) is 8.40. The number of hydrogen-bond acceptors (Lipinski definition) is 5. The van der Waals surface area contributed by atoms with Crippen LogP contribution in [-0.2, 0) is 6.54 Å². The lowest BCUT2D eigenvalue weighted by Gasteiger charge is -2.10. The minimum atomic E-state index is -0.136. The molecule has 4 rings (SSSR count). The molecule has 4 aromatic rings. The van der Waals surface area contributed by atoms with Gasteiger partial charge in [-0.05, 0) is 51.3 Å². The number of aromatic nitrogens is 3. The standard InChI is InChI=1S/C21H22N4O2S/c1-12(2)25-20-18(11-23-25)17(21(26)22-10-15-6-5-7-28-15)9-19(24-20)16-8-13(3)27-14(16)4/h5-9,11-12H,10H2,1-4H3,(H,22,26). The molecular formula is C21H22N4O2S. The predicted octanol–water partition coefficient (Wildman–Crippen LogP) is 4.88. The molecule has 0 bridgehead atoms. The number of aryl methyl sites for hydroxylation is 2. The molecule has 0 aliphatic carbocycles. The summed E-state index contributed by atoms with van der Waals surface area (Å²) in [6, 6.07) is 7.90. The number of pyridine rings is 1. The number of thiophene rings is 1. The van der Waals surface area contributed by atoms with Crippen LogP contribution < -0.4 is 5.32 Å². The van der Waals surface area contributed by atoms with Crippen LogP contribution >= 0.6 is 11.3 Å². The first-order valence-corrected chi connectivity index (χ1v) is 10.1. The van der Waals surface area contributed by atoms with Crippen LogP contribution in [-0.4, -0.2) is 20.7 Å². The van der Waals surface area contributed by atoms with Crippen molar-refractivity contribution >= 4 is 28.3 Å². The van der Waals surface area contributed by atoms with E-state index in [2.05, 4.69) is 10.4 Å². The van der Waals surface area contributed by atoms with Gasteiger partial charge in [-0.1, -0.05) is 6.07 Å². The Labute approximate surface area is 167 Å². The highest BCUT2D eigenvalue weighted by molar-refractivity contribution is 7.09. The van der Waals surface area contributed by atoms with Gasteiger partial charge in [-0.3, -0.25) is 4.79 Å². The lowest BCUT2D eigenvalue weighted by molar-refractivity contribution is 0.0953. The van der Waals surface area contributed by atoms with Crippen LogP contribution in [0.25, 0.3) is 22.3 Å². The fourth-order valence-corrected chi connectivity index (χ4v) is 3.93. The minimum absolute atomic E-state index is 0.134. The molecular weight excluding hydrogens is 372 g/mol. The first-order valence-electron chi connectivity index (χ1n) is 9.20.